The van der Waals surface area contributed by atoms with Crippen LogP contribution in [-0.2, 0) is 54.4 Å². The number of aliphatic carboxylic acids is 1. The third kappa shape index (κ3) is 18.9. The highest BCUT2D eigenvalue weighted by Crippen LogP contribution is 2.43. The maximum atomic E-state index is 14.0. The number of rotatable bonds is 29. The number of thioether (sulfide) groups is 1. The molecule has 0 aliphatic carbocycles. The number of nitrogens with one attached hydrogen (secondary N) is 9. The molecule has 0 aromatic heterocycles. The molecular formula is C53H87N9O13S. The number of benzene rings is 1. The second-order valence-electron chi connectivity index (χ2n) is 21.5. The fourth-order valence-electron chi connectivity index (χ4n) is 8.35. The molecule has 1 aliphatic heterocycles. The summed E-state index contributed by atoms with van der Waals surface area (Å²) in [5.74, 6) is -8.11. The molecule has 1 unspecified atom stereocenters. The molecule has 1 aromatic rings. The topological polar surface area (TPSA) is 329 Å². The van der Waals surface area contributed by atoms with E-state index in [1.54, 1.807) is 76.2 Å². The zero-order valence-electron chi connectivity index (χ0n) is 47.4. The number of aromatic hydroxyl groups is 1. The average Bonchev–Trinajstić information content (AvgIpc) is 3.35. The molecule has 0 fully saturated rings. The van der Waals surface area contributed by atoms with Crippen molar-refractivity contribution >= 4 is 70.9 Å². The lowest BCUT2D eigenvalue weighted by atomic mass is 9.86. The maximum Gasteiger partial charge on any atom is 0.325 e. The van der Waals surface area contributed by atoms with Crippen molar-refractivity contribution in [3.05, 3.63) is 22.3 Å². The van der Waals surface area contributed by atoms with Gasteiger partial charge in [-0.05, 0) is 112 Å². The smallest absolute Gasteiger partial charge is 0.325 e. The number of carboxylic acids is 1. The molecule has 9 atom stereocenters. The van der Waals surface area contributed by atoms with Crippen LogP contribution < -0.4 is 52.6 Å². The van der Waals surface area contributed by atoms with E-state index in [9.17, 15) is 58.2 Å². The number of fused-ring (bicyclic) bond motifs is 1. The van der Waals surface area contributed by atoms with Gasteiger partial charge in [-0.2, -0.15) is 11.8 Å². The van der Waals surface area contributed by atoms with E-state index in [0.717, 1.165) is 5.56 Å². The van der Waals surface area contributed by atoms with Crippen molar-refractivity contribution in [2.45, 2.75) is 184 Å². The summed E-state index contributed by atoms with van der Waals surface area (Å²) in [6.07, 6.45) is 3.47. The molecule has 76 heavy (non-hydrogen) atoms. The summed E-state index contributed by atoms with van der Waals surface area (Å²) in [5, 5.41) is 43.4. The third-order valence-corrected chi connectivity index (χ3v) is 14.4. The van der Waals surface area contributed by atoms with Crippen LogP contribution in [0, 0.1) is 50.4 Å². The molecular weight excluding hydrogens is 1000 g/mol. The first-order valence-corrected chi connectivity index (χ1v) is 27.6. The number of carboxylic acid groups (broad SMARTS) is 1. The second kappa shape index (κ2) is 30.0. The summed E-state index contributed by atoms with van der Waals surface area (Å²) in [5.41, 5.74) is 1.53. The van der Waals surface area contributed by atoms with Crippen molar-refractivity contribution in [3.63, 3.8) is 0 Å². The lowest BCUT2D eigenvalue weighted by Gasteiger charge is -2.37. The minimum Gasteiger partial charge on any atom is -0.507 e. The number of phenolic OH excluding ortho intramolecular Hbond substituents is 1. The van der Waals surface area contributed by atoms with Crippen LogP contribution in [0.1, 0.15) is 131 Å². The van der Waals surface area contributed by atoms with E-state index in [-0.39, 0.29) is 30.9 Å². The molecule has 1 aliphatic rings. The predicted molar refractivity (Wildman–Crippen MR) is 289 cm³/mol. The van der Waals surface area contributed by atoms with Crippen molar-refractivity contribution in [1.29, 1.82) is 0 Å². The number of hydrogen-bond donors (Lipinski definition) is 11. The Labute approximate surface area is 452 Å². The summed E-state index contributed by atoms with van der Waals surface area (Å²) in [4.78, 5) is 133. The summed E-state index contributed by atoms with van der Waals surface area (Å²) >= 11 is 1.44. The second-order valence-corrected chi connectivity index (χ2v) is 22.5. The molecule has 1 aromatic carbocycles. The first-order chi connectivity index (χ1) is 35.3. The number of carbonyl (C=O) groups is 10. The molecule has 23 heteroatoms. The van der Waals surface area contributed by atoms with Crippen molar-refractivity contribution in [1.82, 2.24) is 47.9 Å². The van der Waals surface area contributed by atoms with Crippen LogP contribution in [0.4, 0.5) is 0 Å². The lowest BCUT2D eigenvalue weighted by Crippen LogP contribution is -2.61. The molecule has 0 spiro atoms. The molecule has 0 saturated heterocycles. The Bertz CT molecular complexity index is 2270. The van der Waals surface area contributed by atoms with Gasteiger partial charge in [0.1, 0.15) is 53.8 Å². The Morgan fingerprint density at radius 2 is 1.11 bits per heavy atom. The molecule has 22 nitrogen and oxygen atoms in total. The lowest BCUT2D eigenvalue weighted by molar-refractivity contribution is -0.142. The minimum absolute atomic E-state index is 0.0447. The maximum absolute atomic E-state index is 14.0. The van der Waals surface area contributed by atoms with E-state index in [1.165, 1.54) is 18.7 Å². The van der Waals surface area contributed by atoms with Crippen LogP contribution in [0.3, 0.4) is 0 Å². The third-order valence-electron chi connectivity index (χ3n) is 13.7. The quantitative estimate of drug-likeness (QED) is 0.0547. The Hall–Kier alpha value is -6.13. The number of hydrogen-bond acceptors (Lipinski definition) is 13. The van der Waals surface area contributed by atoms with Crippen LogP contribution in [0.5, 0.6) is 11.5 Å². The summed E-state index contributed by atoms with van der Waals surface area (Å²) in [6.45, 7) is 24.5. The van der Waals surface area contributed by atoms with Gasteiger partial charge in [0.05, 0.1) is 13.1 Å². The number of ether oxygens (including phenoxy) is 1. The predicted octanol–water partition coefficient (Wildman–Crippen LogP) is 1.94. The van der Waals surface area contributed by atoms with Gasteiger partial charge >= 0.3 is 5.97 Å². The number of carbonyl (C=O) groups excluding carboxylic acids is 9. The molecule has 1 heterocycles. The van der Waals surface area contributed by atoms with Gasteiger partial charge in [0, 0.05) is 12.0 Å². The van der Waals surface area contributed by atoms with Crippen LogP contribution in [0.15, 0.2) is 0 Å². The molecule has 9 amide bonds. The largest absolute Gasteiger partial charge is 0.507 e. The van der Waals surface area contributed by atoms with E-state index in [0.29, 0.717) is 41.0 Å². The standard InChI is InChI=1S/C53H87N9O13S/c1-17-29(10)42(50(71)56-33(14)51(72)73)62-49(70)41(28(8)9)61-48(69)40(27(6)7)59-38(64)24-54-37(63)23-55-47(68)39(26(4)5)60-45(66)35(19-21-76-16)57-46(67)36(22-25(2)3)58-52(74)53(15)20-18-34-32(13)43(65)30(11)31(12)44(34)75-53/h25-29,33,35-36,39-42,65H,17-24H2,1-16H3,(H,54,63)(H,55,68)(H,56,71)(H,57,67)(H,58,74)(H,59,64)(H,60,66)(H,61,69)(H,62,70)(H,72,73)/t29-,33-,35-,36-,39-,40-,41-,42-,53?/m0/s1. The van der Waals surface area contributed by atoms with Gasteiger partial charge in [0.15, 0.2) is 5.60 Å². The zero-order valence-corrected chi connectivity index (χ0v) is 48.2. The van der Waals surface area contributed by atoms with Gasteiger partial charge in [-0.3, -0.25) is 47.9 Å². The van der Waals surface area contributed by atoms with Crippen LogP contribution >= 0.6 is 11.8 Å². The molecule has 428 valence electrons. The minimum atomic E-state index is -1.34. The fraction of sp³-hybridized carbons (Fsp3) is 0.698. The van der Waals surface area contributed by atoms with Gasteiger partial charge in [-0.1, -0.05) is 75.7 Å². The molecule has 0 bridgehead atoms. The van der Waals surface area contributed by atoms with Gasteiger partial charge in [-0.25, -0.2) is 0 Å². The van der Waals surface area contributed by atoms with E-state index in [4.69, 9.17) is 4.74 Å². The highest BCUT2D eigenvalue weighted by molar-refractivity contribution is 7.98. The fourth-order valence-corrected chi connectivity index (χ4v) is 8.82. The molecule has 0 saturated carbocycles. The van der Waals surface area contributed by atoms with Gasteiger partial charge in [-0.15, -0.1) is 0 Å². The molecule has 11 N–H and O–H groups in total. The van der Waals surface area contributed by atoms with E-state index >= 15 is 0 Å². The monoisotopic (exact) mass is 1090 g/mol. The van der Waals surface area contributed by atoms with E-state index in [2.05, 4.69) is 47.9 Å². The van der Waals surface area contributed by atoms with Crippen molar-refractivity contribution < 1.29 is 62.9 Å². The average molecular weight is 1090 g/mol. The van der Waals surface area contributed by atoms with Crippen LogP contribution in [-0.4, -0.2) is 142 Å². The number of phenols is 1. The van der Waals surface area contributed by atoms with Crippen LogP contribution in [0.2, 0.25) is 0 Å². The van der Waals surface area contributed by atoms with Crippen molar-refractivity contribution in [2.24, 2.45) is 29.6 Å². The normalized spacial score (nSPS) is 17.3. The van der Waals surface area contributed by atoms with E-state index in [1.807, 2.05) is 27.0 Å². The van der Waals surface area contributed by atoms with Gasteiger partial charge in [0.25, 0.3) is 5.91 Å². The summed E-state index contributed by atoms with van der Waals surface area (Å²) in [7, 11) is 0. The molecule has 2 rings (SSSR count). The zero-order chi connectivity index (χ0) is 58.1. The first kappa shape index (κ1) is 66.0. The summed E-state index contributed by atoms with van der Waals surface area (Å²) < 4.78 is 6.37. The first-order valence-electron chi connectivity index (χ1n) is 26.2. The van der Waals surface area contributed by atoms with Crippen molar-refractivity contribution in [2.75, 3.05) is 25.1 Å². The van der Waals surface area contributed by atoms with Crippen molar-refractivity contribution in [3.8, 4) is 11.5 Å². The Morgan fingerprint density at radius 3 is 1.63 bits per heavy atom. The van der Waals surface area contributed by atoms with Gasteiger partial charge in [0.2, 0.25) is 47.3 Å². The Kier molecular flexibility index (Phi) is 26.0. The Morgan fingerprint density at radius 1 is 0.605 bits per heavy atom. The highest BCUT2D eigenvalue weighted by atomic mass is 32.2. The van der Waals surface area contributed by atoms with Gasteiger partial charge < -0.3 is 62.8 Å². The summed E-state index contributed by atoms with van der Waals surface area (Å²) in [6, 6.07) is -7.97. The molecule has 0 radical (unpaired) electrons. The number of amides is 9. The van der Waals surface area contributed by atoms with Crippen LogP contribution in [0.25, 0.3) is 0 Å². The van der Waals surface area contributed by atoms with E-state index < -0.39 is 144 Å². The highest BCUT2D eigenvalue weighted by Gasteiger charge is 2.43. The Balaban J connectivity index is 2.10. The SMILES string of the molecule is CC[C@H](C)[C@H](NC(=O)[C@@H](NC(=O)[C@@H](NC(=O)CNC(=O)CNC(=O)[C@@H](NC(=O)[C@H](CCSC)NC(=O)[C@H](CC(C)C)NC(=O)C1(C)CCc2c(C)c(O)c(C)c(C)c2O1)C(C)C)C(C)C)C(C)C)C(=O)N[C@@H](C)C(=O)O.